The van der Waals surface area contributed by atoms with Gasteiger partial charge in [0, 0.05) is 18.3 Å². The van der Waals surface area contributed by atoms with E-state index in [1.54, 1.807) is 34.3 Å². The van der Waals surface area contributed by atoms with Gasteiger partial charge in [-0.3, -0.25) is 4.79 Å². The number of nitrogens with zero attached hydrogens (tertiary/aromatic N) is 5. The van der Waals surface area contributed by atoms with Crippen molar-refractivity contribution in [3.63, 3.8) is 0 Å². The van der Waals surface area contributed by atoms with E-state index >= 15 is 0 Å². The van der Waals surface area contributed by atoms with E-state index in [0.29, 0.717) is 40.3 Å². The molecule has 0 saturated carbocycles. The second-order valence-corrected chi connectivity index (χ2v) is 6.97. The van der Waals surface area contributed by atoms with E-state index in [1.165, 1.54) is 12.1 Å². The van der Waals surface area contributed by atoms with Crippen molar-refractivity contribution in [2.75, 3.05) is 0 Å². The van der Waals surface area contributed by atoms with E-state index in [0.717, 1.165) is 25.7 Å². The number of hydrogen-bond donors (Lipinski definition) is 0. The van der Waals surface area contributed by atoms with Crippen molar-refractivity contribution in [2.24, 2.45) is 0 Å². The van der Waals surface area contributed by atoms with E-state index in [-0.39, 0.29) is 11.4 Å². The van der Waals surface area contributed by atoms with Gasteiger partial charge >= 0.3 is 0 Å². The number of aryl methyl sites for hydroxylation is 2. The fourth-order valence-corrected chi connectivity index (χ4v) is 3.48. The van der Waals surface area contributed by atoms with Crippen LogP contribution in [0.15, 0.2) is 41.3 Å². The molecule has 3 aromatic heterocycles. The highest BCUT2D eigenvalue weighted by Crippen LogP contribution is 2.26. The first-order valence-corrected chi connectivity index (χ1v) is 9.61. The van der Waals surface area contributed by atoms with Gasteiger partial charge in [-0.15, -0.1) is 5.10 Å². The topological polar surface area (TPSA) is 65.1 Å². The fraction of sp³-hybridized carbons (Fsp3) is 0.333. The van der Waals surface area contributed by atoms with Gasteiger partial charge in [-0.2, -0.15) is 9.50 Å². The molecule has 0 radical (unpaired) electrons. The van der Waals surface area contributed by atoms with Crippen LogP contribution in [0.4, 0.5) is 4.39 Å². The highest BCUT2D eigenvalue weighted by molar-refractivity contribution is 5.93. The van der Waals surface area contributed by atoms with Gasteiger partial charge in [0.05, 0.1) is 16.6 Å². The van der Waals surface area contributed by atoms with Crippen LogP contribution in [0, 0.1) is 12.7 Å². The third kappa shape index (κ3) is 3.28. The highest BCUT2D eigenvalue weighted by atomic mass is 19.1. The zero-order valence-corrected chi connectivity index (χ0v) is 16.0. The van der Waals surface area contributed by atoms with Crippen LogP contribution >= 0.6 is 0 Å². The summed E-state index contributed by atoms with van der Waals surface area (Å²) < 4.78 is 16.8. The van der Waals surface area contributed by atoms with Gasteiger partial charge in [0.25, 0.3) is 11.3 Å². The van der Waals surface area contributed by atoms with Gasteiger partial charge in [-0.25, -0.2) is 9.37 Å². The summed E-state index contributed by atoms with van der Waals surface area (Å²) in [6.07, 6.45) is 6.13. The average molecular weight is 379 g/mol. The second kappa shape index (κ2) is 7.50. The molecule has 0 bridgehead atoms. The van der Waals surface area contributed by atoms with Gasteiger partial charge in [0.15, 0.2) is 0 Å². The van der Waals surface area contributed by atoms with Crippen LogP contribution in [0.2, 0.25) is 0 Å². The third-order valence-electron chi connectivity index (χ3n) is 4.88. The molecule has 6 nitrogen and oxygen atoms in total. The van der Waals surface area contributed by atoms with Crippen LogP contribution in [-0.4, -0.2) is 24.1 Å². The monoisotopic (exact) mass is 379 g/mol. The van der Waals surface area contributed by atoms with E-state index < -0.39 is 0 Å². The average Bonchev–Trinajstić information content (AvgIpc) is 3.05. The number of unbranched alkanes of at least 4 members (excludes halogenated alkanes) is 3. The molecule has 144 valence electrons. The molecule has 0 fully saturated rings. The maximum atomic E-state index is 13.5. The Morgan fingerprint density at radius 3 is 2.57 bits per heavy atom. The number of fused-ring (bicyclic) bond motifs is 2. The van der Waals surface area contributed by atoms with Gasteiger partial charge in [0.1, 0.15) is 11.6 Å². The molecule has 0 N–H and O–H groups in total. The molecule has 0 spiro atoms. The Labute approximate surface area is 161 Å². The summed E-state index contributed by atoms with van der Waals surface area (Å²) in [7, 11) is 0. The van der Waals surface area contributed by atoms with Crippen molar-refractivity contribution in [1.29, 1.82) is 0 Å². The maximum Gasteiger partial charge on any atom is 0.262 e. The zero-order valence-electron chi connectivity index (χ0n) is 16.0. The zero-order chi connectivity index (χ0) is 19.7. The summed E-state index contributed by atoms with van der Waals surface area (Å²) in [5, 5.41) is 4.89. The van der Waals surface area contributed by atoms with E-state index in [4.69, 9.17) is 0 Å². The Kier molecular flexibility index (Phi) is 4.90. The standard InChI is InChI=1S/C21H22FN5O/c1-3-4-5-6-12-26-13-11-17-18(20(26)28)19(15-7-9-16(22)10-8-15)27-21(24-17)23-14(2)25-27/h7-11,13H,3-6,12H2,1-2H3. The summed E-state index contributed by atoms with van der Waals surface area (Å²) in [6.45, 7) is 4.60. The number of halogens is 1. The van der Waals surface area contributed by atoms with Gasteiger partial charge < -0.3 is 4.57 Å². The minimum atomic E-state index is -0.332. The quantitative estimate of drug-likeness (QED) is 0.473. The molecule has 1 aromatic carbocycles. The van der Waals surface area contributed by atoms with Crippen molar-refractivity contribution in [3.8, 4) is 11.3 Å². The Morgan fingerprint density at radius 2 is 1.82 bits per heavy atom. The molecule has 28 heavy (non-hydrogen) atoms. The number of benzene rings is 1. The molecule has 4 aromatic rings. The van der Waals surface area contributed by atoms with Crippen LogP contribution in [0.1, 0.15) is 38.4 Å². The molecule has 0 amide bonds. The Balaban J connectivity index is 1.95. The lowest BCUT2D eigenvalue weighted by molar-refractivity contribution is 0.573. The van der Waals surface area contributed by atoms with Crippen LogP contribution in [-0.2, 0) is 6.54 Å². The predicted molar refractivity (Wildman–Crippen MR) is 107 cm³/mol. The number of aromatic nitrogens is 5. The lowest BCUT2D eigenvalue weighted by Gasteiger charge is -2.11. The van der Waals surface area contributed by atoms with Gasteiger partial charge in [-0.1, -0.05) is 26.2 Å². The van der Waals surface area contributed by atoms with Gasteiger partial charge in [-0.05, 0) is 43.7 Å². The van der Waals surface area contributed by atoms with E-state index in [9.17, 15) is 9.18 Å². The highest BCUT2D eigenvalue weighted by Gasteiger charge is 2.18. The molecule has 0 unspecified atom stereocenters. The molecule has 7 heteroatoms. The lowest BCUT2D eigenvalue weighted by atomic mass is 10.1. The van der Waals surface area contributed by atoms with Crippen molar-refractivity contribution in [3.05, 3.63) is 58.5 Å². The maximum absolute atomic E-state index is 13.5. The molecule has 0 aliphatic heterocycles. The Morgan fingerprint density at radius 1 is 1.04 bits per heavy atom. The predicted octanol–water partition coefficient (Wildman–Crippen LogP) is 4.13. The molecular formula is C21H22FN5O. The first-order valence-electron chi connectivity index (χ1n) is 9.61. The van der Waals surface area contributed by atoms with Crippen molar-refractivity contribution < 1.29 is 4.39 Å². The van der Waals surface area contributed by atoms with Crippen LogP contribution in [0.3, 0.4) is 0 Å². The van der Waals surface area contributed by atoms with Crippen LogP contribution in [0.25, 0.3) is 27.9 Å². The SMILES string of the molecule is CCCCCCn1ccc2nc3nc(C)nn3c(-c3ccc(F)cc3)c2c1=O. The summed E-state index contributed by atoms with van der Waals surface area (Å²) >= 11 is 0. The first-order chi connectivity index (χ1) is 13.6. The van der Waals surface area contributed by atoms with Crippen LogP contribution < -0.4 is 5.56 Å². The van der Waals surface area contributed by atoms with Crippen molar-refractivity contribution in [2.45, 2.75) is 46.1 Å². The van der Waals surface area contributed by atoms with Crippen molar-refractivity contribution in [1.82, 2.24) is 24.1 Å². The lowest BCUT2D eigenvalue weighted by Crippen LogP contribution is -2.21. The first kappa shape index (κ1) is 18.3. The summed E-state index contributed by atoms with van der Waals surface area (Å²) in [4.78, 5) is 22.2. The number of pyridine rings is 1. The van der Waals surface area contributed by atoms with E-state index in [1.807, 2.05) is 6.07 Å². The largest absolute Gasteiger partial charge is 0.315 e. The third-order valence-corrected chi connectivity index (χ3v) is 4.88. The summed E-state index contributed by atoms with van der Waals surface area (Å²) in [6, 6.07) is 7.90. The normalized spacial score (nSPS) is 11.5. The van der Waals surface area contributed by atoms with E-state index in [2.05, 4.69) is 22.0 Å². The molecular weight excluding hydrogens is 357 g/mol. The summed E-state index contributed by atoms with van der Waals surface area (Å²) in [5.74, 6) is 0.650. The summed E-state index contributed by atoms with van der Waals surface area (Å²) in [5.41, 5.74) is 1.74. The van der Waals surface area contributed by atoms with Gasteiger partial charge in [0.2, 0.25) is 0 Å². The smallest absolute Gasteiger partial charge is 0.262 e. The van der Waals surface area contributed by atoms with Crippen LogP contribution in [0.5, 0.6) is 0 Å². The molecule has 0 aliphatic rings. The fourth-order valence-electron chi connectivity index (χ4n) is 3.48. The number of rotatable bonds is 6. The molecule has 0 aliphatic carbocycles. The minimum absolute atomic E-state index is 0.115. The van der Waals surface area contributed by atoms with Crippen molar-refractivity contribution >= 4 is 16.7 Å². The Bertz CT molecular complexity index is 1190. The molecule has 4 rings (SSSR count). The second-order valence-electron chi connectivity index (χ2n) is 6.97. The molecule has 0 atom stereocenters. The Hall–Kier alpha value is -3.09. The molecule has 0 saturated heterocycles. The minimum Gasteiger partial charge on any atom is -0.315 e. The number of hydrogen-bond acceptors (Lipinski definition) is 4. The molecule has 3 heterocycles.